The molecule has 28 heavy (non-hydrogen) atoms. The van der Waals surface area contributed by atoms with Gasteiger partial charge in [0.25, 0.3) is 0 Å². The first kappa shape index (κ1) is 22.9. The second-order valence-corrected chi connectivity index (χ2v) is 8.53. The smallest absolute Gasteiger partial charge is 0.117 e. The van der Waals surface area contributed by atoms with Gasteiger partial charge in [-0.2, -0.15) is 0 Å². The summed E-state index contributed by atoms with van der Waals surface area (Å²) < 4.78 is 1.88. The molecular weight excluding hydrogens is 344 g/mol. The highest BCUT2D eigenvalue weighted by atomic mass is 15.4. The van der Waals surface area contributed by atoms with Crippen molar-refractivity contribution in [1.82, 2.24) is 19.9 Å². The van der Waals surface area contributed by atoms with Gasteiger partial charge >= 0.3 is 0 Å². The molecule has 4 heteroatoms. The number of hydrogen-bond donors (Lipinski definition) is 0. The standard InChI is InChI=1S/C24H42N4/c1-6-10-13-20(8-3)17-28(18-21(9-4)14-11-7-2)19-22-15-12-16-23-24(22)25-26-27(23)5/h12,15-16,20-21H,6-11,13-14,17-19H2,1-5H3. The van der Waals surface area contributed by atoms with E-state index in [4.69, 9.17) is 0 Å². The largest absolute Gasteiger partial charge is 0.298 e. The van der Waals surface area contributed by atoms with E-state index in [-0.39, 0.29) is 0 Å². The Kier molecular flexibility index (Phi) is 9.97. The molecule has 0 aliphatic rings. The van der Waals surface area contributed by atoms with Gasteiger partial charge < -0.3 is 0 Å². The lowest BCUT2D eigenvalue weighted by Gasteiger charge is -2.30. The van der Waals surface area contributed by atoms with Crippen molar-refractivity contribution in [2.45, 2.75) is 85.6 Å². The number of aryl methyl sites for hydroxylation is 1. The number of aromatic nitrogens is 3. The summed E-state index contributed by atoms with van der Waals surface area (Å²) in [6.07, 6.45) is 10.5. The van der Waals surface area contributed by atoms with Crippen molar-refractivity contribution in [2.24, 2.45) is 18.9 Å². The highest BCUT2D eigenvalue weighted by Crippen LogP contribution is 2.23. The van der Waals surface area contributed by atoms with E-state index in [1.54, 1.807) is 0 Å². The van der Waals surface area contributed by atoms with Crippen LogP contribution in [-0.2, 0) is 13.6 Å². The van der Waals surface area contributed by atoms with Gasteiger partial charge in [-0.15, -0.1) is 5.10 Å². The van der Waals surface area contributed by atoms with Crippen LogP contribution in [-0.4, -0.2) is 33.0 Å². The molecule has 158 valence electrons. The van der Waals surface area contributed by atoms with E-state index in [9.17, 15) is 0 Å². The predicted octanol–water partition coefficient (Wildman–Crippen LogP) is 6.20. The Bertz CT molecular complexity index is 660. The Morgan fingerprint density at radius 2 is 1.54 bits per heavy atom. The maximum absolute atomic E-state index is 4.46. The Morgan fingerprint density at radius 3 is 2.07 bits per heavy atom. The molecule has 1 aromatic heterocycles. The fourth-order valence-corrected chi connectivity index (χ4v) is 4.25. The average Bonchev–Trinajstić information content (AvgIpc) is 3.10. The number of nitrogens with zero attached hydrogens (tertiary/aromatic N) is 4. The van der Waals surface area contributed by atoms with E-state index in [0.717, 1.165) is 29.4 Å². The van der Waals surface area contributed by atoms with Crippen LogP contribution in [0.5, 0.6) is 0 Å². The predicted molar refractivity (Wildman–Crippen MR) is 120 cm³/mol. The average molecular weight is 387 g/mol. The zero-order chi connectivity index (χ0) is 20.4. The van der Waals surface area contributed by atoms with Crippen LogP contribution in [0.25, 0.3) is 11.0 Å². The Labute approximate surface area is 172 Å². The normalized spacial score (nSPS) is 14.1. The van der Waals surface area contributed by atoms with Crippen LogP contribution >= 0.6 is 0 Å². The Morgan fingerprint density at radius 1 is 0.929 bits per heavy atom. The van der Waals surface area contributed by atoms with Crippen LogP contribution in [0.3, 0.4) is 0 Å². The lowest BCUT2D eigenvalue weighted by atomic mass is 9.95. The lowest BCUT2D eigenvalue weighted by molar-refractivity contribution is 0.174. The fraction of sp³-hybridized carbons (Fsp3) is 0.750. The van der Waals surface area contributed by atoms with Gasteiger partial charge in [0.15, 0.2) is 0 Å². The summed E-state index contributed by atoms with van der Waals surface area (Å²) >= 11 is 0. The summed E-state index contributed by atoms with van der Waals surface area (Å²) in [5, 5.41) is 8.70. The minimum Gasteiger partial charge on any atom is -0.298 e. The number of benzene rings is 1. The van der Waals surface area contributed by atoms with E-state index in [2.05, 4.69) is 61.1 Å². The number of unbranched alkanes of at least 4 members (excludes halogenated alkanes) is 2. The first-order valence-corrected chi connectivity index (χ1v) is 11.6. The summed E-state index contributed by atoms with van der Waals surface area (Å²) in [5.74, 6) is 1.59. The van der Waals surface area contributed by atoms with Gasteiger partial charge in [-0.25, -0.2) is 4.68 Å². The molecule has 0 aliphatic carbocycles. The quantitative estimate of drug-likeness (QED) is 0.387. The molecule has 4 nitrogen and oxygen atoms in total. The van der Waals surface area contributed by atoms with Crippen molar-refractivity contribution >= 4 is 11.0 Å². The molecule has 0 saturated heterocycles. The molecular formula is C24H42N4. The molecule has 0 radical (unpaired) electrons. The minimum atomic E-state index is 0.796. The first-order valence-electron chi connectivity index (χ1n) is 11.6. The molecule has 2 rings (SSSR count). The maximum Gasteiger partial charge on any atom is 0.117 e. The third kappa shape index (κ3) is 6.58. The van der Waals surface area contributed by atoms with Gasteiger partial charge in [0.2, 0.25) is 0 Å². The van der Waals surface area contributed by atoms with Crippen LogP contribution in [0.15, 0.2) is 18.2 Å². The zero-order valence-electron chi connectivity index (χ0n) is 19.0. The van der Waals surface area contributed by atoms with Crippen molar-refractivity contribution in [2.75, 3.05) is 13.1 Å². The highest BCUT2D eigenvalue weighted by molar-refractivity contribution is 5.77. The summed E-state index contributed by atoms with van der Waals surface area (Å²) in [5.41, 5.74) is 3.52. The molecule has 2 aromatic rings. The van der Waals surface area contributed by atoms with Crippen LogP contribution in [0.4, 0.5) is 0 Å². The molecule has 0 fully saturated rings. The van der Waals surface area contributed by atoms with Crippen LogP contribution < -0.4 is 0 Å². The molecule has 0 aliphatic heterocycles. The van der Waals surface area contributed by atoms with Gasteiger partial charge in [0, 0.05) is 26.7 Å². The molecule has 0 spiro atoms. The molecule has 1 heterocycles. The van der Waals surface area contributed by atoms with E-state index in [0.29, 0.717) is 0 Å². The Balaban J connectivity index is 2.17. The molecule has 2 atom stereocenters. The second-order valence-electron chi connectivity index (χ2n) is 8.53. The molecule has 0 bridgehead atoms. The summed E-state index contributed by atoms with van der Waals surface area (Å²) in [6, 6.07) is 6.52. The third-order valence-electron chi connectivity index (χ3n) is 6.24. The van der Waals surface area contributed by atoms with Crippen molar-refractivity contribution in [3.8, 4) is 0 Å². The summed E-state index contributed by atoms with van der Waals surface area (Å²) in [6.45, 7) is 12.7. The van der Waals surface area contributed by atoms with Gasteiger partial charge in [0.05, 0.1) is 5.52 Å². The molecule has 0 amide bonds. The van der Waals surface area contributed by atoms with Crippen molar-refractivity contribution < 1.29 is 0 Å². The van der Waals surface area contributed by atoms with E-state index in [1.165, 1.54) is 70.0 Å². The van der Waals surface area contributed by atoms with Crippen molar-refractivity contribution in [3.63, 3.8) is 0 Å². The van der Waals surface area contributed by atoms with Gasteiger partial charge in [-0.1, -0.05) is 83.6 Å². The lowest BCUT2D eigenvalue weighted by Crippen LogP contribution is -2.33. The van der Waals surface area contributed by atoms with Crippen molar-refractivity contribution in [1.29, 1.82) is 0 Å². The topological polar surface area (TPSA) is 34.0 Å². The monoisotopic (exact) mass is 386 g/mol. The molecule has 0 saturated carbocycles. The van der Waals surface area contributed by atoms with Crippen LogP contribution in [0, 0.1) is 11.8 Å². The Hall–Kier alpha value is -1.42. The molecule has 0 N–H and O–H groups in total. The highest BCUT2D eigenvalue weighted by Gasteiger charge is 2.19. The second kappa shape index (κ2) is 12.2. The summed E-state index contributed by atoms with van der Waals surface area (Å²) in [7, 11) is 1.98. The van der Waals surface area contributed by atoms with Gasteiger partial charge in [-0.05, 0) is 36.3 Å². The zero-order valence-corrected chi connectivity index (χ0v) is 19.0. The fourth-order valence-electron chi connectivity index (χ4n) is 4.25. The van der Waals surface area contributed by atoms with E-state index < -0.39 is 0 Å². The number of hydrogen-bond acceptors (Lipinski definition) is 3. The van der Waals surface area contributed by atoms with Crippen LogP contribution in [0.2, 0.25) is 0 Å². The molecule has 2 unspecified atom stereocenters. The first-order chi connectivity index (χ1) is 13.6. The van der Waals surface area contributed by atoms with E-state index >= 15 is 0 Å². The minimum absolute atomic E-state index is 0.796. The molecule has 1 aromatic carbocycles. The summed E-state index contributed by atoms with van der Waals surface area (Å²) in [4.78, 5) is 2.72. The number of fused-ring (bicyclic) bond motifs is 1. The third-order valence-corrected chi connectivity index (χ3v) is 6.24. The number of rotatable bonds is 14. The van der Waals surface area contributed by atoms with E-state index in [1.807, 2.05) is 11.7 Å². The van der Waals surface area contributed by atoms with Crippen molar-refractivity contribution in [3.05, 3.63) is 23.8 Å². The van der Waals surface area contributed by atoms with Gasteiger partial charge in [0.1, 0.15) is 5.52 Å². The van der Waals surface area contributed by atoms with Gasteiger partial charge in [-0.3, -0.25) is 4.90 Å². The maximum atomic E-state index is 4.46. The SMILES string of the molecule is CCCCC(CC)CN(Cc1cccc2c1nnn2C)CC(CC)CCCC. The van der Waals surface area contributed by atoms with Crippen LogP contribution in [0.1, 0.15) is 84.6 Å².